The number of nitrogens with one attached hydrogen (secondary N) is 2. The first-order valence-electron chi connectivity index (χ1n) is 7.63. The van der Waals surface area contributed by atoms with E-state index in [-0.39, 0.29) is 12.1 Å². The number of aromatic nitrogens is 2. The number of rotatable bonds is 7. The monoisotopic (exact) mass is 369 g/mol. The maximum Gasteiger partial charge on any atom is 0.573 e. The number of hydrogen-bond donors (Lipinski definition) is 2. The summed E-state index contributed by atoms with van der Waals surface area (Å²) in [5, 5.41) is 13.3. The molecule has 0 saturated heterocycles. The number of carbonyl (C=O) groups is 1. The van der Waals surface area contributed by atoms with Gasteiger partial charge in [-0.1, -0.05) is 12.1 Å². The van der Waals surface area contributed by atoms with E-state index in [1.165, 1.54) is 18.2 Å². The molecule has 140 valence electrons. The minimum atomic E-state index is -4.87. The van der Waals surface area contributed by atoms with Gasteiger partial charge in [-0.05, 0) is 12.1 Å². The van der Waals surface area contributed by atoms with Crippen LogP contribution in [-0.4, -0.2) is 49.7 Å². The van der Waals surface area contributed by atoms with Gasteiger partial charge in [0.05, 0.1) is 17.4 Å². The second kappa shape index (κ2) is 8.37. The van der Waals surface area contributed by atoms with Crippen molar-refractivity contribution in [2.75, 3.05) is 37.4 Å². The molecule has 2 aromatic rings. The average Bonchev–Trinajstić information content (AvgIpc) is 2.58. The Labute approximate surface area is 148 Å². The van der Waals surface area contributed by atoms with Crippen LogP contribution in [0.1, 0.15) is 10.4 Å². The highest BCUT2D eigenvalue weighted by Gasteiger charge is 2.32. The van der Waals surface area contributed by atoms with Crippen LogP contribution in [0.5, 0.6) is 5.75 Å². The minimum Gasteiger partial charge on any atom is -0.405 e. The van der Waals surface area contributed by atoms with E-state index >= 15 is 0 Å². The molecule has 1 aromatic carbocycles. The quantitative estimate of drug-likeness (QED) is 0.729. The lowest BCUT2D eigenvalue weighted by atomic mass is 10.2. The molecule has 0 aliphatic rings. The molecule has 0 aliphatic carbocycles. The second-order valence-electron chi connectivity index (χ2n) is 5.42. The Morgan fingerprint density at radius 2 is 1.96 bits per heavy atom. The third kappa shape index (κ3) is 5.80. The number of ether oxygens (including phenoxy) is 1. The van der Waals surface area contributed by atoms with Crippen molar-refractivity contribution < 1.29 is 22.7 Å². The number of hydrogen-bond acceptors (Lipinski definition) is 6. The minimum absolute atomic E-state index is 0.174. The molecule has 1 amide bonds. The molecule has 26 heavy (non-hydrogen) atoms. The van der Waals surface area contributed by atoms with Gasteiger partial charge in [0.15, 0.2) is 5.82 Å². The van der Waals surface area contributed by atoms with E-state index in [2.05, 4.69) is 25.6 Å². The molecule has 2 rings (SSSR count). The second-order valence-corrected chi connectivity index (χ2v) is 5.42. The summed E-state index contributed by atoms with van der Waals surface area (Å²) in [5.41, 5.74) is 0.656. The third-order valence-electron chi connectivity index (χ3n) is 3.23. The zero-order valence-corrected chi connectivity index (χ0v) is 14.2. The molecule has 0 bridgehead atoms. The van der Waals surface area contributed by atoms with Crippen LogP contribution in [0.4, 0.5) is 24.7 Å². The number of halogens is 3. The highest BCUT2D eigenvalue weighted by Crippen LogP contribution is 2.26. The van der Waals surface area contributed by atoms with Crippen LogP contribution in [-0.2, 0) is 0 Å². The SMILES string of the molecule is CN(C)c1cnnc(NCCNC(=O)c2ccccc2OC(F)(F)F)c1. The Bertz CT molecular complexity index is 753. The van der Waals surface area contributed by atoms with Crippen molar-refractivity contribution in [1.29, 1.82) is 0 Å². The molecule has 0 spiro atoms. The Morgan fingerprint density at radius 1 is 1.23 bits per heavy atom. The fraction of sp³-hybridized carbons (Fsp3) is 0.312. The largest absolute Gasteiger partial charge is 0.573 e. The molecule has 1 aromatic heterocycles. The lowest BCUT2D eigenvalue weighted by Gasteiger charge is -2.14. The number of benzene rings is 1. The van der Waals surface area contributed by atoms with E-state index in [1.807, 2.05) is 19.0 Å². The molecule has 0 aliphatic heterocycles. The molecule has 0 unspecified atom stereocenters. The Balaban J connectivity index is 1.89. The van der Waals surface area contributed by atoms with E-state index in [9.17, 15) is 18.0 Å². The van der Waals surface area contributed by atoms with Crippen LogP contribution in [0.3, 0.4) is 0 Å². The van der Waals surface area contributed by atoms with Crippen molar-refractivity contribution in [2.24, 2.45) is 0 Å². The lowest BCUT2D eigenvalue weighted by molar-refractivity contribution is -0.274. The first-order valence-corrected chi connectivity index (χ1v) is 7.63. The van der Waals surface area contributed by atoms with E-state index in [0.717, 1.165) is 11.8 Å². The topological polar surface area (TPSA) is 79.4 Å². The van der Waals surface area contributed by atoms with Gasteiger partial charge in [-0.15, -0.1) is 18.3 Å². The van der Waals surface area contributed by atoms with Crippen LogP contribution in [0.25, 0.3) is 0 Å². The summed E-state index contributed by atoms with van der Waals surface area (Å²) in [6.07, 6.45) is -3.27. The van der Waals surface area contributed by atoms with E-state index in [1.54, 1.807) is 12.3 Å². The van der Waals surface area contributed by atoms with Crippen LogP contribution in [0.2, 0.25) is 0 Å². The summed E-state index contributed by atoms with van der Waals surface area (Å²) >= 11 is 0. The number of amides is 1. The highest BCUT2D eigenvalue weighted by atomic mass is 19.4. The molecule has 0 atom stereocenters. The Hall–Kier alpha value is -3.04. The number of nitrogens with zero attached hydrogens (tertiary/aromatic N) is 3. The molecule has 0 saturated carbocycles. The first kappa shape index (κ1) is 19.3. The zero-order chi connectivity index (χ0) is 19.2. The van der Waals surface area contributed by atoms with Crippen molar-refractivity contribution in [1.82, 2.24) is 15.5 Å². The summed E-state index contributed by atoms with van der Waals surface area (Å²) in [6.45, 7) is 0.493. The van der Waals surface area contributed by atoms with Gasteiger partial charge < -0.3 is 20.3 Å². The molecule has 0 fully saturated rings. The van der Waals surface area contributed by atoms with Gasteiger partial charge >= 0.3 is 6.36 Å². The van der Waals surface area contributed by atoms with Crippen LogP contribution < -0.4 is 20.3 Å². The fourth-order valence-electron chi connectivity index (χ4n) is 2.02. The van der Waals surface area contributed by atoms with E-state index in [4.69, 9.17) is 0 Å². The number of anilines is 2. The molecule has 10 heteroatoms. The number of alkyl halides is 3. The lowest BCUT2D eigenvalue weighted by Crippen LogP contribution is -2.30. The molecular weight excluding hydrogens is 351 g/mol. The van der Waals surface area contributed by atoms with Gasteiger partial charge in [-0.25, -0.2) is 0 Å². The van der Waals surface area contributed by atoms with E-state index < -0.39 is 18.0 Å². The molecule has 7 nitrogen and oxygen atoms in total. The fourth-order valence-corrected chi connectivity index (χ4v) is 2.02. The average molecular weight is 369 g/mol. The molecule has 1 heterocycles. The predicted octanol–water partition coefficient (Wildman–Crippen LogP) is 2.28. The van der Waals surface area contributed by atoms with Gasteiger partial charge in [-0.2, -0.15) is 5.10 Å². The summed E-state index contributed by atoms with van der Waals surface area (Å²) in [5.74, 6) is -0.693. The predicted molar refractivity (Wildman–Crippen MR) is 90.3 cm³/mol. The summed E-state index contributed by atoms with van der Waals surface area (Å²) in [7, 11) is 3.73. The normalized spacial score (nSPS) is 11.0. The van der Waals surface area contributed by atoms with Crippen molar-refractivity contribution in [3.8, 4) is 5.75 Å². The van der Waals surface area contributed by atoms with Crippen molar-refractivity contribution >= 4 is 17.4 Å². The Kier molecular flexibility index (Phi) is 6.21. The van der Waals surface area contributed by atoms with Crippen molar-refractivity contribution in [3.05, 3.63) is 42.1 Å². The van der Waals surface area contributed by atoms with Crippen molar-refractivity contribution in [3.63, 3.8) is 0 Å². The van der Waals surface area contributed by atoms with Gasteiger partial charge in [0.1, 0.15) is 5.75 Å². The van der Waals surface area contributed by atoms with Gasteiger partial charge in [0.2, 0.25) is 0 Å². The van der Waals surface area contributed by atoms with Crippen LogP contribution in [0.15, 0.2) is 36.5 Å². The molecular formula is C16H18F3N5O2. The summed E-state index contributed by atoms with van der Waals surface area (Å²) in [6, 6.07) is 6.94. The molecule has 0 radical (unpaired) electrons. The van der Waals surface area contributed by atoms with E-state index in [0.29, 0.717) is 12.4 Å². The smallest absolute Gasteiger partial charge is 0.405 e. The van der Waals surface area contributed by atoms with Crippen LogP contribution in [0, 0.1) is 0 Å². The molecule has 2 N–H and O–H groups in total. The summed E-state index contributed by atoms with van der Waals surface area (Å²) < 4.78 is 41.0. The van der Waals surface area contributed by atoms with Gasteiger partial charge in [-0.3, -0.25) is 4.79 Å². The number of para-hydroxylation sites is 1. The zero-order valence-electron chi connectivity index (χ0n) is 14.2. The highest BCUT2D eigenvalue weighted by molar-refractivity contribution is 5.96. The Morgan fingerprint density at radius 3 is 2.65 bits per heavy atom. The third-order valence-corrected chi connectivity index (χ3v) is 3.23. The maximum atomic E-state index is 12.4. The summed E-state index contributed by atoms with van der Waals surface area (Å²) in [4.78, 5) is 13.9. The number of carbonyl (C=O) groups excluding carboxylic acids is 1. The van der Waals surface area contributed by atoms with Gasteiger partial charge in [0, 0.05) is 33.3 Å². The standard InChI is InChI=1S/C16H18F3N5O2/c1-24(2)11-9-14(23-22-10-11)20-7-8-21-15(25)12-5-3-4-6-13(12)26-16(17,18)19/h3-6,9-10H,7-8H2,1-2H3,(H,20,23)(H,21,25). The maximum absolute atomic E-state index is 12.4. The van der Waals surface area contributed by atoms with Gasteiger partial charge in [0.25, 0.3) is 5.91 Å². The first-order chi connectivity index (χ1) is 12.3. The van der Waals surface area contributed by atoms with Crippen molar-refractivity contribution in [2.45, 2.75) is 6.36 Å². The van der Waals surface area contributed by atoms with Crippen LogP contribution >= 0.6 is 0 Å².